The third-order valence-electron chi connectivity index (χ3n) is 2.78. The number of rotatable bonds is 4. The lowest BCUT2D eigenvalue weighted by Crippen LogP contribution is -2.31. The van der Waals surface area contributed by atoms with E-state index in [0.717, 1.165) is 11.1 Å². The fourth-order valence-corrected chi connectivity index (χ4v) is 1.75. The minimum atomic E-state index is -0.376. The molecule has 0 unspecified atom stereocenters. The van der Waals surface area contributed by atoms with Crippen molar-refractivity contribution in [2.24, 2.45) is 12.8 Å². The Labute approximate surface area is 103 Å². The summed E-state index contributed by atoms with van der Waals surface area (Å²) in [7, 11) is 1.66. The summed E-state index contributed by atoms with van der Waals surface area (Å²) < 4.78 is 6.54. The topological polar surface area (TPSA) is 90.3 Å². The first-order chi connectivity index (χ1) is 8.61. The van der Waals surface area contributed by atoms with Crippen LogP contribution in [-0.4, -0.2) is 23.6 Å². The predicted molar refractivity (Wildman–Crippen MR) is 67.2 cm³/mol. The monoisotopic (exact) mass is 249 g/mol. The molecule has 1 aromatic carbocycles. The van der Waals surface area contributed by atoms with Gasteiger partial charge in [0.15, 0.2) is 5.58 Å². The van der Waals surface area contributed by atoms with E-state index in [2.05, 4.69) is 5.32 Å². The highest BCUT2D eigenvalue weighted by molar-refractivity contribution is 5.77. The molecule has 0 aliphatic heterocycles. The average molecular weight is 249 g/mol. The predicted octanol–water partition coefficient (Wildman–Crippen LogP) is -0.251. The Kier molecular flexibility index (Phi) is 3.47. The highest BCUT2D eigenvalue weighted by Crippen LogP contribution is 2.14. The zero-order valence-corrected chi connectivity index (χ0v) is 10.1. The van der Waals surface area contributed by atoms with Gasteiger partial charge in [0.1, 0.15) is 0 Å². The van der Waals surface area contributed by atoms with Crippen LogP contribution >= 0.6 is 0 Å². The van der Waals surface area contributed by atoms with Crippen molar-refractivity contribution in [1.82, 2.24) is 9.88 Å². The van der Waals surface area contributed by atoms with Crippen molar-refractivity contribution in [2.75, 3.05) is 13.1 Å². The normalized spacial score (nSPS) is 10.8. The van der Waals surface area contributed by atoms with Gasteiger partial charge in [-0.05, 0) is 24.1 Å². The minimum Gasteiger partial charge on any atom is -0.408 e. The molecule has 0 fully saturated rings. The zero-order valence-electron chi connectivity index (χ0n) is 10.1. The van der Waals surface area contributed by atoms with Crippen LogP contribution in [0.4, 0.5) is 0 Å². The molecule has 1 heterocycles. The van der Waals surface area contributed by atoms with Crippen LogP contribution in [0.15, 0.2) is 27.4 Å². The number of hydrogen-bond donors (Lipinski definition) is 2. The molecule has 0 bridgehead atoms. The number of oxazole rings is 1. The standard InChI is InChI=1S/C12H15N3O3/c1-15-9-3-2-8(4-5-14-11(16)7-13)6-10(9)18-12(15)17/h2-3,6H,4-5,7,13H2,1H3,(H,14,16). The van der Waals surface area contributed by atoms with Crippen LogP contribution in [0.1, 0.15) is 5.56 Å². The number of amides is 1. The molecule has 2 aromatic rings. The molecule has 0 aliphatic rings. The van der Waals surface area contributed by atoms with Crippen molar-refractivity contribution >= 4 is 17.0 Å². The molecular formula is C12H15N3O3. The molecule has 2 rings (SSSR count). The molecule has 6 nitrogen and oxygen atoms in total. The van der Waals surface area contributed by atoms with Gasteiger partial charge in [0, 0.05) is 13.6 Å². The van der Waals surface area contributed by atoms with Crippen LogP contribution in [-0.2, 0) is 18.3 Å². The number of aromatic nitrogens is 1. The number of fused-ring (bicyclic) bond motifs is 1. The van der Waals surface area contributed by atoms with Gasteiger partial charge >= 0.3 is 5.76 Å². The summed E-state index contributed by atoms with van der Waals surface area (Å²) >= 11 is 0. The number of carbonyl (C=O) groups is 1. The van der Waals surface area contributed by atoms with E-state index in [1.807, 2.05) is 18.2 Å². The molecular weight excluding hydrogens is 234 g/mol. The van der Waals surface area contributed by atoms with E-state index >= 15 is 0 Å². The lowest BCUT2D eigenvalue weighted by Gasteiger charge is -2.03. The number of nitrogens with zero attached hydrogens (tertiary/aromatic N) is 1. The summed E-state index contributed by atoms with van der Waals surface area (Å²) in [6.45, 7) is 0.505. The second kappa shape index (κ2) is 5.05. The first kappa shape index (κ1) is 12.4. The second-order valence-electron chi connectivity index (χ2n) is 4.03. The number of benzene rings is 1. The van der Waals surface area contributed by atoms with Crippen molar-refractivity contribution in [3.63, 3.8) is 0 Å². The van der Waals surface area contributed by atoms with Gasteiger partial charge in [0.2, 0.25) is 5.91 Å². The summed E-state index contributed by atoms with van der Waals surface area (Å²) in [5.74, 6) is -0.555. The van der Waals surface area contributed by atoms with Gasteiger partial charge < -0.3 is 15.5 Å². The largest absolute Gasteiger partial charge is 0.419 e. The SMILES string of the molecule is Cn1c(=O)oc2cc(CCNC(=O)CN)ccc21. The van der Waals surface area contributed by atoms with Crippen LogP contribution in [0.5, 0.6) is 0 Å². The Morgan fingerprint density at radius 1 is 1.50 bits per heavy atom. The van der Waals surface area contributed by atoms with Crippen molar-refractivity contribution in [2.45, 2.75) is 6.42 Å². The molecule has 0 atom stereocenters. The molecule has 0 saturated carbocycles. The van der Waals surface area contributed by atoms with E-state index < -0.39 is 0 Å². The van der Waals surface area contributed by atoms with Crippen LogP contribution in [0, 0.1) is 0 Å². The van der Waals surface area contributed by atoms with E-state index in [9.17, 15) is 9.59 Å². The van der Waals surface area contributed by atoms with E-state index in [1.54, 1.807) is 7.05 Å². The number of carbonyl (C=O) groups excluding carboxylic acids is 1. The summed E-state index contributed by atoms with van der Waals surface area (Å²) in [6, 6.07) is 5.55. The van der Waals surface area contributed by atoms with Gasteiger partial charge in [-0.3, -0.25) is 9.36 Å². The summed E-state index contributed by atoms with van der Waals surface area (Å²) in [6.07, 6.45) is 0.667. The van der Waals surface area contributed by atoms with Crippen molar-refractivity contribution in [3.05, 3.63) is 34.3 Å². The van der Waals surface area contributed by atoms with Crippen LogP contribution in [0.3, 0.4) is 0 Å². The lowest BCUT2D eigenvalue weighted by molar-refractivity contribution is -0.119. The second-order valence-corrected chi connectivity index (χ2v) is 4.03. The van der Waals surface area contributed by atoms with Crippen molar-refractivity contribution in [1.29, 1.82) is 0 Å². The molecule has 1 amide bonds. The van der Waals surface area contributed by atoms with Gasteiger partial charge in [-0.2, -0.15) is 0 Å². The molecule has 0 spiro atoms. The van der Waals surface area contributed by atoms with Crippen molar-refractivity contribution < 1.29 is 9.21 Å². The van der Waals surface area contributed by atoms with Gasteiger partial charge in [-0.15, -0.1) is 0 Å². The molecule has 1 aromatic heterocycles. The number of aryl methyl sites for hydroxylation is 1. The molecule has 0 aliphatic carbocycles. The molecule has 6 heteroatoms. The third-order valence-corrected chi connectivity index (χ3v) is 2.78. The third kappa shape index (κ3) is 2.43. The quantitative estimate of drug-likeness (QED) is 0.781. The highest BCUT2D eigenvalue weighted by atomic mass is 16.4. The van der Waals surface area contributed by atoms with Gasteiger partial charge in [0.05, 0.1) is 12.1 Å². The molecule has 0 saturated heterocycles. The van der Waals surface area contributed by atoms with E-state index in [0.29, 0.717) is 18.5 Å². The Morgan fingerprint density at radius 3 is 3.00 bits per heavy atom. The maximum Gasteiger partial charge on any atom is 0.419 e. The zero-order chi connectivity index (χ0) is 13.1. The maximum atomic E-state index is 11.3. The van der Waals surface area contributed by atoms with Crippen LogP contribution < -0.4 is 16.8 Å². The first-order valence-electron chi connectivity index (χ1n) is 5.67. The van der Waals surface area contributed by atoms with Crippen LogP contribution in [0.2, 0.25) is 0 Å². The Morgan fingerprint density at radius 2 is 2.28 bits per heavy atom. The average Bonchev–Trinajstić information content (AvgIpc) is 2.64. The Balaban J connectivity index is 2.11. The van der Waals surface area contributed by atoms with E-state index in [4.69, 9.17) is 10.2 Å². The molecule has 3 N–H and O–H groups in total. The van der Waals surface area contributed by atoms with E-state index in [-0.39, 0.29) is 18.2 Å². The summed E-state index contributed by atoms with van der Waals surface area (Å²) in [4.78, 5) is 22.3. The fourth-order valence-electron chi connectivity index (χ4n) is 1.75. The van der Waals surface area contributed by atoms with Crippen LogP contribution in [0.25, 0.3) is 11.1 Å². The molecule has 18 heavy (non-hydrogen) atoms. The number of nitrogens with two attached hydrogens (primary N) is 1. The smallest absolute Gasteiger partial charge is 0.408 e. The lowest BCUT2D eigenvalue weighted by atomic mass is 10.1. The highest BCUT2D eigenvalue weighted by Gasteiger charge is 2.06. The number of hydrogen-bond acceptors (Lipinski definition) is 4. The van der Waals surface area contributed by atoms with Gasteiger partial charge in [-0.25, -0.2) is 4.79 Å². The van der Waals surface area contributed by atoms with Crippen molar-refractivity contribution in [3.8, 4) is 0 Å². The Bertz CT molecular complexity index is 627. The fraction of sp³-hybridized carbons (Fsp3) is 0.333. The van der Waals surface area contributed by atoms with Gasteiger partial charge in [-0.1, -0.05) is 6.07 Å². The summed E-state index contributed by atoms with van der Waals surface area (Å²) in [5.41, 5.74) is 7.49. The molecule has 0 radical (unpaired) electrons. The first-order valence-corrected chi connectivity index (χ1v) is 5.67. The number of nitrogens with one attached hydrogen (secondary N) is 1. The van der Waals surface area contributed by atoms with E-state index in [1.165, 1.54) is 4.57 Å². The summed E-state index contributed by atoms with van der Waals surface area (Å²) in [5, 5.41) is 2.68. The van der Waals surface area contributed by atoms with Gasteiger partial charge in [0.25, 0.3) is 0 Å². The molecule has 96 valence electrons. The maximum absolute atomic E-state index is 11.3. The Hall–Kier alpha value is -2.08. The minimum absolute atomic E-state index is 0.00735.